The molecule has 0 unspecified atom stereocenters. The first-order chi connectivity index (χ1) is 13.8. The third-order valence-electron chi connectivity index (χ3n) is 5.55. The van der Waals surface area contributed by atoms with Crippen LogP contribution >= 0.6 is 0 Å². The number of nitrogens with zero attached hydrogens (tertiary/aromatic N) is 1. The van der Waals surface area contributed by atoms with Crippen LogP contribution in [-0.4, -0.2) is 47.8 Å². The van der Waals surface area contributed by atoms with Gasteiger partial charge >= 0.3 is 0 Å². The Kier molecular flexibility index (Phi) is 6.87. The van der Waals surface area contributed by atoms with Crippen molar-refractivity contribution in [1.29, 1.82) is 0 Å². The minimum atomic E-state index is -0.657. The van der Waals surface area contributed by atoms with Crippen molar-refractivity contribution in [2.24, 2.45) is 11.8 Å². The summed E-state index contributed by atoms with van der Waals surface area (Å²) in [5, 5.41) is 5.84. The number of nitrogens with one attached hydrogen (secondary N) is 2. The SMILES string of the molecule is CC(C)CC(=O)N1CCC([C@@H](NC(=O)c2ccc(F)cc2)C(=O)NC2CC2)CC1. The van der Waals surface area contributed by atoms with Gasteiger partial charge in [0.05, 0.1) is 0 Å². The van der Waals surface area contributed by atoms with Gasteiger partial charge in [-0.2, -0.15) is 0 Å². The number of likely N-dealkylation sites (tertiary alicyclic amines) is 1. The van der Waals surface area contributed by atoms with Crippen molar-refractivity contribution in [3.63, 3.8) is 0 Å². The zero-order valence-corrected chi connectivity index (χ0v) is 17.1. The van der Waals surface area contributed by atoms with E-state index in [9.17, 15) is 18.8 Å². The van der Waals surface area contributed by atoms with Crippen molar-refractivity contribution < 1.29 is 18.8 Å². The molecule has 0 radical (unpaired) electrons. The first-order valence-electron chi connectivity index (χ1n) is 10.5. The molecule has 7 heteroatoms. The van der Waals surface area contributed by atoms with E-state index in [4.69, 9.17) is 0 Å². The fourth-order valence-electron chi connectivity index (χ4n) is 3.70. The topological polar surface area (TPSA) is 78.5 Å². The maximum absolute atomic E-state index is 13.1. The lowest BCUT2D eigenvalue weighted by Crippen LogP contribution is -2.54. The molecule has 1 saturated heterocycles. The molecule has 1 saturated carbocycles. The number of carbonyl (C=O) groups excluding carboxylic acids is 3. The minimum absolute atomic E-state index is 0.0405. The Balaban J connectivity index is 1.64. The molecule has 1 aromatic rings. The standard InChI is InChI=1S/C22H30FN3O3/c1-14(2)13-19(27)26-11-9-15(10-12-26)20(22(29)24-18-7-8-18)25-21(28)16-3-5-17(23)6-4-16/h3-6,14-15,18,20H,7-13H2,1-2H3,(H,24,29)(H,25,28)/t20-/m1/s1. The van der Waals surface area contributed by atoms with Crippen LogP contribution in [0.15, 0.2) is 24.3 Å². The van der Waals surface area contributed by atoms with Crippen LogP contribution in [0.2, 0.25) is 0 Å². The largest absolute Gasteiger partial charge is 0.352 e. The van der Waals surface area contributed by atoms with Crippen LogP contribution in [0.25, 0.3) is 0 Å². The lowest BCUT2D eigenvalue weighted by atomic mass is 9.88. The van der Waals surface area contributed by atoms with Gasteiger partial charge in [-0.3, -0.25) is 14.4 Å². The highest BCUT2D eigenvalue weighted by Gasteiger charge is 2.36. The number of halogens is 1. The second-order valence-corrected chi connectivity index (χ2v) is 8.56. The van der Waals surface area contributed by atoms with E-state index in [0.29, 0.717) is 43.8 Å². The van der Waals surface area contributed by atoms with Gasteiger partial charge in [-0.15, -0.1) is 0 Å². The summed E-state index contributed by atoms with van der Waals surface area (Å²) in [5.41, 5.74) is 0.320. The average molecular weight is 403 g/mol. The normalized spacial score (nSPS) is 18.4. The van der Waals surface area contributed by atoms with E-state index in [2.05, 4.69) is 10.6 Å². The van der Waals surface area contributed by atoms with Gasteiger partial charge in [-0.1, -0.05) is 13.8 Å². The molecular formula is C22H30FN3O3. The lowest BCUT2D eigenvalue weighted by molar-refractivity contribution is -0.133. The Hall–Kier alpha value is -2.44. The van der Waals surface area contributed by atoms with Crippen LogP contribution in [0.4, 0.5) is 4.39 Å². The average Bonchev–Trinajstić information content (AvgIpc) is 3.50. The van der Waals surface area contributed by atoms with E-state index >= 15 is 0 Å². The smallest absolute Gasteiger partial charge is 0.251 e. The molecule has 6 nitrogen and oxygen atoms in total. The van der Waals surface area contributed by atoms with Gasteiger partial charge in [0.2, 0.25) is 11.8 Å². The number of hydrogen-bond donors (Lipinski definition) is 2. The van der Waals surface area contributed by atoms with Crippen molar-refractivity contribution in [3.05, 3.63) is 35.6 Å². The highest BCUT2D eigenvalue weighted by atomic mass is 19.1. The molecule has 29 heavy (non-hydrogen) atoms. The Morgan fingerprint density at radius 3 is 2.24 bits per heavy atom. The van der Waals surface area contributed by atoms with Crippen LogP contribution in [0.5, 0.6) is 0 Å². The molecule has 1 aliphatic heterocycles. The summed E-state index contributed by atoms with van der Waals surface area (Å²) in [7, 11) is 0. The van der Waals surface area contributed by atoms with Gasteiger partial charge in [0, 0.05) is 31.1 Å². The maximum Gasteiger partial charge on any atom is 0.251 e. The molecule has 1 heterocycles. The first-order valence-corrected chi connectivity index (χ1v) is 10.5. The maximum atomic E-state index is 13.1. The number of piperidine rings is 1. The number of amides is 3. The summed E-state index contributed by atoms with van der Waals surface area (Å²) < 4.78 is 13.1. The predicted octanol–water partition coefficient (Wildman–Crippen LogP) is 2.49. The number of benzene rings is 1. The summed E-state index contributed by atoms with van der Waals surface area (Å²) in [5.74, 6) is -0.557. The molecule has 3 amide bonds. The first kappa shape index (κ1) is 21.3. The second-order valence-electron chi connectivity index (χ2n) is 8.56. The van der Waals surface area contributed by atoms with E-state index in [1.807, 2.05) is 18.7 Å². The van der Waals surface area contributed by atoms with E-state index in [1.54, 1.807) is 0 Å². The molecule has 1 aromatic carbocycles. The van der Waals surface area contributed by atoms with E-state index in [-0.39, 0.29) is 29.7 Å². The third-order valence-corrected chi connectivity index (χ3v) is 5.55. The Bertz CT molecular complexity index is 738. The zero-order valence-electron chi connectivity index (χ0n) is 17.1. The van der Waals surface area contributed by atoms with Crippen LogP contribution < -0.4 is 10.6 Å². The molecule has 0 bridgehead atoms. The van der Waals surface area contributed by atoms with Crippen LogP contribution in [0.3, 0.4) is 0 Å². The van der Waals surface area contributed by atoms with Gasteiger partial charge in [0.25, 0.3) is 5.91 Å². The molecule has 1 atom stereocenters. The molecule has 0 spiro atoms. The van der Waals surface area contributed by atoms with Crippen LogP contribution in [-0.2, 0) is 9.59 Å². The number of carbonyl (C=O) groups is 3. The van der Waals surface area contributed by atoms with Crippen LogP contribution in [0.1, 0.15) is 56.3 Å². The lowest BCUT2D eigenvalue weighted by Gasteiger charge is -2.36. The second kappa shape index (κ2) is 9.37. The molecule has 2 N–H and O–H groups in total. The highest BCUT2D eigenvalue weighted by molar-refractivity contribution is 5.97. The summed E-state index contributed by atoms with van der Waals surface area (Å²) >= 11 is 0. The quantitative estimate of drug-likeness (QED) is 0.734. The number of rotatable bonds is 7. The molecule has 2 aliphatic rings. The van der Waals surface area contributed by atoms with E-state index < -0.39 is 11.9 Å². The molecule has 158 valence electrons. The van der Waals surface area contributed by atoms with Crippen molar-refractivity contribution in [3.8, 4) is 0 Å². The third kappa shape index (κ3) is 6.02. The van der Waals surface area contributed by atoms with Crippen molar-refractivity contribution in [1.82, 2.24) is 15.5 Å². The fraction of sp³-hybridized carbons (Fsp3) is 0.591. The monoisotopic (exact) mass is 403 g/mol. The van der Waals surface area contributed by atoms with Gasteiger partial charge < -0.3 is 15.5 Å². The fourth-order valence-corrected chi connectivity index (χ4v) is 3.70. The van der Waals surface area contributed by atoms with Gasteiger partial charge in [0.1, 0.15) is 11.9 Å². The van der Waals surface area contributed by atoms with Gasteiger partial charge in [-0.25, -0.2) is 4.39 Å². The highest BCUT2D eigenvalue weighted by Crippen LogP contribution is 2.24. The molecule has 3 rings (SSSR count). The summed E-state index contributed by atoms with van der Waals surface area (Å²) in [6, 6.07) is 4.82. The molecule has 2 fully saturated rings. The van der Waals surface area contributed by atoms with Crippen molar-refractivity contribution in [2.45, 2.75) is 58.0 Å². The minimum Gasteiger partial charge on any atom is -0.352 e. The van der Waals surface area contributed by atoms with Gasteiger partial charge in [-0.05, 0) is 61.8 Å². The Morgan fingerprint density at radius 1 is 1.07 bits per heavy atom. The molecular weight excluding hydrogens is 373 g/mol. The molecule has 1 aliphatic carbocycles. The van der Waals surface area contributed by atoms with E-state index in [0.717, 1.165) is 12.8 Å². The van der Waals surface area contributed by atoms with Crippen molar-refractivity contribution >= 4 is 17.7 Å². The summed E-state index contributed by atoms with van der Waals surface area (Å²) in [4.78, 5) is 39.6. The summed E-state index contributed by atoms with van der Waals surface area (Å²) in [6.45, 7) is 5.23. The molecule has 0 aromatic heterocycles. The Labute approximate surface area is 171 Å². The van der Waals surface area contributed by atoms with Crippen LogP contribution in [0, 0.1) is 17.7 Å². The van der Waals surface area contributed by atoms with Gasteiger partial charge in [0.15, 0.2) is 0 Å². The zero-order chi connectivity index (χ0) is 21.0. The summed E-state index contributed by atoms with van der Waals surface area (Å²) in [6.07, 6.45) is 3.78. The van der Waals surface area contributed by atoms with E-state index in [1.165, 1.54) is 24.3 Å². The van der Waals surface area contributed by atoms with Crippen molar-refractivity contribution in [2.75, 3.05) is 13.1 Å². The Morgan fingerprint density at radius 2 is 1.69 bits per heavy atom. The predicted molar refractivity (Wildman–Crippen MR) is 108 cm³/mol. The number of hydrogen-bond acceptors (Lipinski definition) is 3.